The topological polar surface area (TPSA) is 109 Å². The zero-order chi connectivity index (χ0) is 23.6. The zero-order valence-corrected chi connectivity index (χ0v) is 19.0. The maximum Gasteiger partial charge on any atom is 0.342 e. The number of fused-ring (bicyclic) bond motifs is 1. The minimum atomic E-state index is -0.675. The van der Waals surface area contributed by atoms with Crippen LogP contribution in [-0.2, 0) is 20.8 Å². The summed E-state index contributed by atoms with van der Waals surface area (Å²) in [6.07, 6.45) is 12.3. The molecule has 1 saturated heterocycles. The van der Waals surface area contributed by atoms with Crippen LogP contribution in [0, 0.1) is 5.92 Å². The van der Waals surface area contributed by atoms with Crippen molar-refractivity contribution in [2.45, 2.75) is 45.4 Å². The van der Waals surface area contributed by atoms with Crippen LogP contribution in [0.1, 0.15) is 54.9 Å². The molecular weight excluding hydrogens is 424 g/mol. The third-order valence-electron chi connectivity index (χ3n) is 5.64. The van der Waals surface area contributed by atoms with Gasteiger partial charge in [-0.3, -0.25) is 4.79 Å². The average Bonchev–Trinajstić information content (AvgIpc) is 2.78. The van der Waals surface area contributed by atoms with Crippen LogP contribution in [0.3, 0.4) is 0 Å². The van der Waals surface area contributed by atoms with Gasteiger partial charge in [-0.15, -0.1) is 0 Å². The number of allylic oxidation sites excluding steroid dienone is 3. The second-order valence-corrected chi connectivity index (χ2v) is 8.44. The highest BCUT2D eigenvalue weighted by Gasteiger charge is 2.21. The molecule has 1 aromatic carbocycles. The van der Waals surface area contributed by atoms with Gasteiger partial charge in [0.25, 0.3) is 5.91 Å². The number of oxime groups is 1. The van der Waals surface area contributed by atoms with Gasteiger partial charge in [0.1, 0.15) is 17.1 Å². The summed E-state index contributed by atoms with van der Waals surface area (Å²) in [6, 6.07) is 2.50. The van der Waals surface area contributed by atoms with Gasteiger partial charge in [0.15, 0.2) is 6.61 Å². The summed E-state index contributed by atoms with van der Waals surface area (Å²) in [4.78, 5) is 32.2. The number of amides is 1. The fourth-order valence-corrected chi connectivity index (χ4v) is 3.88. The van der Waals surface area contributed by atoms with Crippen molar-refractivity contribution < 1.29 is 29.4 Å². The molecular formula is C25H32N2O6. The van der Waals surface area contributed by atoms with Gasteiger partial charge in [-0.05, 0) is 55.7 Å². The Morgan fingerprint density at radius 2 is 2.00 bits per heavy atom. The van der Waals surface area contributed by atoms with E-state index in [9.17, 15) is 19.8 Å². The molecule has 0 spiro atoms. The zero-order valence-electron chi connectivity index (χ0n) is 19.0. The molecule has 8 heteroatoms. The first-order valence-corrected chi connectivity index (χ1v) is 11.5. The number of cyclic esters (lactones) is 1. The summed E-state index contributed by atoms with van der Waals surface area (Å²) >= 11 is 0. The number of piperidine rings is 1. The summed E-state index contributed by atoms with van der Waals surface area (Å²) in [7, 11) is 0. The number of esters is 1. The van der Waals surface area contributed by atoms with Crippen molar-refractivity contribution in [2.24, 2.45) is 11.1 Å². The number of nitrogens with zero attached hydrogens (tertiary/aromatic N) is 2. The Morgan fingerprint density at radius 3 is 2.79 bits per heavy atom. The van der Waals surface area contributed by atoms with Crippen molar-refractivity contribution >= 4 is 17.6 Å². The maximum absolute atomic E-state index is 12.6. The van der Waals surface area contributed by atoms with Gasteiger partial charge in [-0.1, -0.05) is 30.3 Å². The minimum absolute atomic E-state index is 0.0206. The minimum Gasteiger partial charge on any atom is -0.508 e. The van der Waals surface area contributed by atoms with Crippen LogP contribution in [0.5, 0.6) is 11.5 Å². The number of ether oxygens (including phenoxy) is 1. The Kier molecular flexibility index (Phi) is 8.92. The number of phenols is 2. The molecule has 0 aromatic heterocycles. The van der Waals surface area contributed by atoms with Crippen molar-refractivity contribution in [1.29, 1.82) is 0 Å². The first-order chi connectivity index (χ1) is 15.9. The normalized spacial score (nSPS) is 22.2. The summed E-state index contributed by atoms with van der Waals surface area (Å²) < 4.78 is 5.31. The smallest absolute Gasteiger partial charge is 0.342 e. The second kappa shape index (κ2) is 12.1. The van der Waals surface area contributed by atoms with Gasteiger partial charge in [0.2, 0.25) is 0 Å². The van der Waals surface area contributed by atoms with Crippen molar-refractivity contribution in [3.05, 3.63) is 47.6 Å². The number of likely N-dealkylation sites (tertiary alicyclic amines) is 1. The van der Waals surface area contributed by atoms with E-state index in [2.05, 4.69) is 18.2 Å². The first-order valence-electron chi connectivity index (χ1n) is 11.5. The molecule has 2 heterocycles. The first kappa shape index (κ1) is 24.4. The number of hydrogen-bond acceptors (Lipinski definition) is 7. The van der Waals surface area contributed by atoms with Crippen LogP contribution in [0.2, 0.25) is 0 Å². The van der Waals surface area contributed by atoms with E-state index in [1.165, 1.54) is 6.07 Å². The highest BCUT2D eigenvalue weighted by Crippen LogP contribution is 2.29. The SMILES string of the molecule is CC1C=CCCOC(=O)c2c(O)cc(O)cc2CC(=N\OCC(=O)N2CCCCC2)/C=C/C1. The molecule has 2 aliphatic heterocycles. The second-order valence-electron chi connectivity index (χ2n) is 8.44. The van der Waals surface area contributed by atoms with Crippen LogP contribution < -0.4 is 0 Å². The van der Waals surface area contributed by atoms with Crippen LogP contribution in [0.25, 0.3) is 0 Å². The fourth-order valence-electron chi connectivity index (χ4n) is 3.88. The highest BCUT2D eigenvalue weighted by atomic mass is 16.6. The number of phenolic OH excluding ortho intramolecular Hbond substituents is 2. The number of carbonyl (C=O) groups is 2. The van der Waals surface area contributed by atoms with Crippen molar-refractivity contribution in [2.75, 3.05) is 26.3 Å². The van der Waals surface area contributed by atoms with Crippen LogP contribution in [0.15, 0.2) is 41.6 Å². The van der Waals surface area contributed by atoms with E-state index in [0.29, 0.717) is 17.7 Å². The van der Waals surface area contributed by atoms with E-state index in [1.54, 1.807) is 11.0 Å². The van der Waals surface area contributed by atoms with Gasteiger partial charge < -0.3 is 24.7 Å². The van der Waals surface area contributed by atoms with Gasteiger partial charge in [-0.2, -0.15) is 0 Å². The molecule has 2 N–H and O–H groups in total. The molecule has 0 saturated carbocycles. The van der Waals surface area contributed by atoms with Crippen LogP contribution >= 0.6 is 0 Å². The van der Waals surface area contributed by atoms with Gasteiger partial charge in [0, 0.05) is 25.6 Å². The van der Waals surface area contributed by atoms with Crippen LogP contribution in [-0.4, -0.2) is 59.0 Å². The molecule has 1 aromatic rings. The number of benzene rings is 1. The quantitative estimate of drug-likeness (QED) is 0.408. The number of aromatic hydroxyl groups is 2. The average molecular weight is 457 g/mol. The lowest BCUT2D eigenvalue weighted by molar-refractivity contribution is -0.137. The molecule has 3 rings (SSSR count). The standard InChI is InChI=1S/C25H32N2O6/c1-18-8-3-6-13-32-25(31)24-19(15-21(28)16-22(24)29)14-20(10-7-9-18)26-33-17-23(30)27-11-4-2-5-12-27/h3,7-8,10,15-16,18,28-29H,2,4-6,9,11-14,17H2,1H3/b8-3?,10-7+,26-20-. The van der Waals surface area contributed by atoms with Gasteiger partial charge in [0.05, 0.1) is 12.3 Å². The molecule has 0 aliphatic carbocycles. The Balaban J connectivity index is 1.83. The van der Waals surface area contributed by atoms with E-state index in [-0.39, 0.29) is 48.5 Å². The molecule has 0 radical (unpaired) electrons. The molecule has 1 amide bonds. The highest BCUT2D eigenvalue weighted by molar-refractivity contribution is 6.00. The van der Waals surface area contributed by atoms with Gasteiger partial charge >= 0.3 is 5.97 Å². The molecule has 1 atom stereocenters. The molecule has 2 aliphatic rings. The lowest BCUT2D eigenvalue weighted by Crippen LogP contribution is -2.37. The Labute approximate surface area is 194 Å². The summed E-state index contributed by atoms with van der Waals surface area (Å²) in [5.41, 5.74) is 0.786. The lowest BCUT2D eigenvalue weighted by Gasteiger charge is -2.26. The largest absolute Gasteiger partial charge is 0.508 e. The molecule has 33 heavy (non-hydrogen) atoms. The third-order valence-corrected chi connectivity index (χ3v) is 5.64. The van der Waals surface area contributed by atoms with Gasteiger partial charge in [-0.25, -0.2) is 4.79 Å². The van der Waals surface area contributed by atoms with E-state index < -0.39 is 5.97 Å². The number of carbonyl (C=O) groups excluding carboxylic acids is 2. The predicted octanol–water partition coefficient (Wildman–Crippen LogP) is 3.72. The molecule has 1 unspecified atom stereocenters. The Hall–Kier alpha value is -3.29. The van der Waals surface area contributed by atoms with E-state index in [4.69, 9.17) is 9.57 Å². The third kappa shape index (κ3) is 7.37. The van der Waals surface area contributed by atoms with Crippen LogP contribution in [0.4, 0.5) is 0 Å². The van der Waals surface area contributed by atoms with E-state index in [1.807, 2.05) is 12.2 Å². The van der Waals surface area contributed by atoms with Crippen molar-refractivity contribution in [1.82, 2.24) is 4.90 Å². The molecule has 178 valence electrons. The monoisotopic (exact) mass is 456 g/mol. The number of rotatable bonds is 3. The van der Waals surface area contributed by atoms with Crippen molar-refractivity contribution in [3.8, 4) is 11.5 Å². The number of hydrogen-bond donors (Lipinski definition) is 2. The fraction of sp³-hybridized carbons (Fsp3) is 0.480. The predicted molar refractivity (Wildman–Crippen MR) is 124 cm³/mol. The molecule has 8 nitrogen and oxygen atoms in total. The Bertz CT molecular complexity index is 931. The molecule has 0 bridgehead atoms. The summed E-state index contributed by atoms with van der Waals surface area (Å²) in [6.45, 7) is 3.56. The van der Waals surface area contributed by atoms with E-state index >= 15 is 0 Å². The Morgan fingerprint density at radius 1 is 1.21 bits per heavy atom. The maximum atomic E-state index is 12.6. The lowest BCUT2D eigenvalue weighted by atomic mass is 9.99. The molecule has 1 fully saturated rings. The van der Waals surface area contributed by atoms with E-state index in [0.717, 1.165) is 44.8 Å². The van der Waals surface area contributed by atoms with Crippen molar-refractivity contribution in [3.63, 3.8) is 0 Å². The summed E-state index contributed by atoms with van der Waals surface area (Å²) in [5.74, 6) is -1.05. The summed E-state index contributed by atoms with van der Waals surface area (Å²) in [5, 5.41) is 24.4.